The van der Waals surface area contributed by atoms with Crippen LogP contribution in [0.5, 0.6) is 5.75 Å². The molecule has 5 rings (SSSR count). The number of rotatable bonds is 4. The summed E-state index contributed by atoms with van der Waals surface area (Å²) < 4.78 is 8.54. The largest absolute Gasteiger partial charge is 0.497 e. The molecule has 2 aliphatic heterocycles. The van der Waals surface area contributed by atoms with Crippen molar-refractivity contribution in [2.45, 2.75) is 70.4 Å². The van der Waals surface area contributed by atoms with Crippen LogP contribution in [0.2, 0.25) is 0 Å². The normalized spacial score (nSPS) is 21.9. The third-order valence-electron chi connectivity index (χ3n) is 6.79. The first kappa shape index (κ1) is 23.2. The lowest BCUT2D eigenvalue weighted by atomic mass is 9.95. The summed E-state index contributed by atoms with van der Waals surface area (Å²) in [5.74, 6) is 0.725. The van der Waals surface area contributed by atoms with Crippen LogP contribution in [-0.4, -0.2) is 40.9 Å². The minimum atomic E-state index is -0.0659. The number of benzene rings is 1. The molecule has 2 aromatic rings. The van der Waals surface area contributed by atoms with E-state index in [0.29, 0.717) is 27.0 Å². The molecule has 0 saturated heterocycles. The molecule has 0 N–H and O–H groups in total. The second-order valence-electron chi connectivity index (χ2n) is 8.77. The summed E-state index contributed by atoms with van der Waals surface area (Å²) in [6.07, 6.45) is 5.48. The van der Waals surface area contributed by atoms with Crippen LogP contribution in [0.15, 0.2) is 33.0 Å². The minimum absolute atomic E-state index is 0.0487. The van der Waals surface area contributed by atoms with Gasteiger partial charge in [0.2, 0.25) is 0 Å². The van der Waals surface area contributed by atoms with Gasteiger partial charge in [-0.3, -0.25) is 14.2 Å². The van der Waals surface area contributed by atoms with E-state index in [1.807, 2.05) is 32.0 Å². The van der Waals surface area contributed by atoms with Gasteiger partial charge in [-0.1, -0.05) is 31.0 Å². The lowest BCUT2D eigenvalue weighted by molar-refractivity contribution is -0.126. The van der Waals surface area contributed by atoms with E-state index in [1.54, 1.807) is 28.4 Å². The fraction of sp³-hybridized carbons (Fsp3) is 0.480. The minimum Gasteiger partial charge on any atom is -0.497 e. The topological polar surface area (TPSA) is 67.1 Å². The molecule has 7 nitrogen and oxygen atoms in total. The molecule has 1 aliphatic carbocycles. The van der Waals surface area contributed by atoms with Gasteiger partial charge in [-0.05, 0) is 45.7 Å². The molecule has 3 aliphatic rings. The molecule has 180 valence electrons. The Morgan fingerprint density at radius 2 is 1.88 bits per heavy atom. The van der Waals surface area contributed by atoms with Crippen molar-refractivity contribution in [3.63, 3.8) is 0 Å². The van der Waals surface area contributed by atoms with Gasteiger partial charge in [0.05, 0.1) is 30.1 Å². The molecule has 0 spiro atoms. The quantitative estimate of drug-likeness (QED) is 0.647. The average molecular weight is 499 g/mol. The first-order valence-corrected chi connectivity index (χ1v) is 13.6. The molecule has 1 fully saturated rings. The standard InChI is InChI=1S/C25H30N4O3S2/c1-5-27-18-14-17(32-4)12-13-19(18)33-25(27)21-23(31)28(6-2)24(34-21)20-15(3)26-29(22(20)30)16-10-8-7-9-11-16/h12-14,16H,5-11H2,1-4H3. The lowest BCUT2D eigenvalue weighted by Gasteiger charge is -2.27. The number of hydrogen-bond acceptors (Lipinski definition) is 7. The molecular weight excluding hydrogens is 468 g/mol. The molecule has 0 radical (unpaired) electrons. The highest BCUT2D eigenvalue weighted by Crippen LogP contribution is 2.47. The van der Waals surface area contributed by atoms with Crippen molar-refractivity contribution in [1.29, 1.82) is 0 Å². The maximum absolute atomic E-state index is 13.6. The van der Waals surface area contributed by atoms with Gasteiger partial charge in [-0.15, -0.1) is 11.3 Å². The number of hydrazone groups is 1. The number of carbonyl (C=O) groups is 1. The number of fused-ring (bicyclic) bond motifs is 1. The molecule has 0 atom stereocenters. The fourth-order valence-corrected chi connectivity index (χ4v) is 7.67. The summed E-state index contributed by atoms with van der Waals surface area (Å²) in [5, 5.41) is 7.27. The third-order valence-corrected chi connectivity index (χ3v) is 9.30. The first-order valence-electron chi connectivity index (χ1n) is 12.0. The van der Waals surface area contributed by atoms with E-state index < -0.39 is 0 Å². The highest BCUT2D eigenvalue weighted by atomic mass is 32.2. The monoisotopic (exact) mass is 498 g/mol. The Morgan fingerprint density at radius 3 is 2.56 bits per heavy atom. The number of thiazole rings is 1. The van der Waals surface area contributed by atoms with Crippen molar-refractivity contribution in [2.24, 2.45) is 5.10 Å². The number of nitrogens with zero attached hydrogens (tertiary/aromatic N) is 4. The van der Waals surface area contributed by atoms with Gasteiger partial charge in [0, 0.05) is 24.1 Å². The molecule has 0 unspecified atom stereocenters. The molecule has 1 aromatic carbocycles. The van der Waals surface area contributed by atoms with E-state index in [-0.39, 0.29) is 17.5 Å². The number of methoxy groups -OCH3 is 1. The van der Waals surface area contributed by atoms with Gasteiger partial charge in [-0.2, -0.15) is 5.10 Å². The molecule has 34 heavy (non-hydrogen) atoms. The van der Waals surface area contributed by atoms with Gasteiger partial charge in [0.1, 0.15) is 20.0 Å². The van der Waals surface area contributed by atoms with E-state index in [4.69, 9.17) is 4.74 Å². The number of ether oxygens (including phenoxy) is 1. The fourth-order valence-electron chi connectivity index (χ4n) is 5.04. The Balaban J connectivity index is 1.67. The molecule has 1 saturated carbocycles. The molecular formula is C25H30N4O3S2. The van der Waals surface area contributed by atoms with Gasteiger partial charge in [0.25, 0.3) is 11.5 Å². The van der Waals surface area contributed by atoms with Crippen molar-refractivity contribution in [1.82, 2.24) is 9.58 Å². The van der Waals surface area contributed by atoms with Crippen LogP contribution in [0.25, 0.3) is 10.6 Å². The van der Waals surface area contributed by atoms with Crippen LogP contribution >= 0.6 is 23.1 Å². The molecule has 1 amide bonds. The van der Waals surface area contributed by atoms with Crippen LogP contribution < -0.4 is 24.4 Å². The number of carbonyl (C=O) groups excluding carboxylic acids is 1. The predicted octanol–water partition coefficient (Wildman–Crippen LogP) is 3.34. The van der Waals surface area contributed by atoms with Crippen molar-refractivity contribution >= 4 is 51.0 Å². The second kappa shape index (κ2) is 9.26. The van der Waals surface area contributed by atoms with Crippen LogP contribution in [0.3, 0.4) is 0 Å². The smallest absolute Gasteiger partial charge is 0.279 e. The van der Waals surface area contributed by atoms with Gasteiger partial charge in [-0.25, -0.2) is 5.01 Å². The zero-order valence-electron chi connectivity index (χ0n) is 20.1. The summed E-state index contributed by atoms with van der Waals surface area (Å²) >= 11 is 3.02. The van der Waals surface area contributed by atoms with Crippen molar-refractivity contribution in [3.8, 4) is 5.75 Å². The zero-order valence-corrected chi connectivity index (χ0v) is 21.7. The predicted molar refractivity (Wildman–Crippen MR) is 139 cm³/mol. The van der Waals surface area contributed by atoms with Crippen LogP contribution in [-0.2, 0) is 11.3 Å². The van der Waals surface area contributed by atoms with E-state index in [0.717, 1.165) is 53.6 Å². The van der Waals surface area contributed by atoms with Gasteiger partial charge < -0.3 is 9.64 Å². The Bertz CT molecular complexity index is 1350. The second-order valence-corrected chi connectivity index (χ2v) is 10.8. The maximum Gasteiger partial charge on any atom is 0.279 e. The molecule has 3 heterocycles. The molecule has 0 bridgehead atoms. The van der Waals surface area contributed by atoms with Crippen molar-refractivity contribution < 1.29 is 9.53 Å². The van der Waals surface area contributed by atoms with Crippen LogP contribution in [0.4, 0.5) is 5.69 Å². The Kier molecular flexibility index (Phi) is 6.33. The SMILES string of the molecule is CCN1C(=c2sc(=C3C(=O)N(C4CCCCC4)N=C3C)n(CC)c2=O)Sc2ccc(OC)cc21. The summed E-state index contributed by atoms with van der Waals surface area (Å²) in [6, 6.07) is 6.16. The zero-order chi connectivity index (χ0) is 24.0. The van der Waals surface area contributed by atoms with E-state index in [1.165, 1.54) is 17.8 Å². The van der Waals surface area contributed by atoms with E-state index in [9.17, 15) is 9.59 Å². The summed E-state index contributed by atoms with van der Waals surface area (Å²) in [5.41, 5.74) is 2.28. The molecule has 9 heteroatoms. The van der Waals surface area contributed by atoms with Crippen LogP contribution in [0, 0.1) is 0 Å². The highest BCUT2D eigenvalue weighted by molar-refractivity contribution is 8.08. The van der Waals surface area contributed by atoms with E-state index in [2.05, 4.69) is 16.9 Å². The Hall–Kier alpha value is -2.52. The Labute approximate surface area is 207 Å². The average Bonchev–Trinajstić information content (AvgIpc) is 3.48. The van der Waals surface area contributed by atoms with Gasteiger partial charge in [0.15, 0.2) is 0 Å². The molecule has 1 aromatic heterocycles. The van der Waals surface area contributed by atoms with Crippen molar-refractivity contribution in [2.75, 3.05) is 18.6 Å². The Morgan fingerprint density at radius 1 is 1.12 bits per heavy atom. The first-order chi connectivity index (χ1) is 16.5. The summed E-state index contributed by atoms with van der Waals surface area (Å²) in [6.45, 7) is 7.15. The summed E-state index contributed by atoms with van der Waals surface area (Å²) in [7, 11) is 1.66. The lowest BCUT2D eigenvalue weighted by Crippen LogP contribution is -2.38. The van der Waals surface area contributed by atoms with Crippen molar-refractivity contribution in [3.05, 3.63) is 37.7 Å². The number of aromatic nitrogens is 1. The van der Waals surface area contributed by atoms with Crippen LogP contribution in [0.1, 0.15) is 52.9 Å². The number of hydrogen-bond donors (Lipinski definition) is 0. The number of anilines is 1. The number of thioether (sulfide) groups is 1. The number of amides is 1. The summed E-state index contributed by atoms with van der Waals surface area (Å²) in [4.78, 5) is 30.4. The highest BCUT2D eigenvalue weighted by Gasteiger charge is 2.35. The third kappa shape index (κ3) is 3.69. The van der Waals surface area contributed by atoms with Gasteiger partial charge >= 0.3 is 0 Å². The maximum atomic E-state index is 13.6. The van der Waals surface area contributed by atoms with E-state index >= 15 is 0 Å².